The third-order valence-corrected chi connectivity index (χ3v) is 2.34. The lowest BCUT2D eigenvalue weighted by Gasteiger charge is -2.08. The second-order valence-corrected chi connectivity index (χ2v) is 3.68. The van der Waals surface area contributed by atoms with Crippen molar-refractivity contribution in [2.75, 3.05) is 13.7 Å². The average Bonchev–Trinajstić information content (AvgIpc) is 2.28. The maximum atomic E-state index is 11.4. The van der Waals surface area contributed by atoms with E-state index in [0.717, 1.165) is 5.56 Å². The molecule has 0 aromatic heterocycles. The third kappa shape index (κ3) is 3.90. The first-order chi connectivity index (χ1) is 8.04. The molecule has 0 N–H and O–H groups in total. The monoisotopic (exact) mass is 236 g/mol. The molecule has 0 aliphatic rings. The predicted octanol–water partition coefficient (Wildman–Crippen LogP) is 2.00. The van der Waals surface area contributed by atoms with Crippen LogP contribution in [-0.2, 0) is 16.0 Å². The Morgan fingerprint density at radius 2 is 1.94 bits per heavy atom. The quantitative estimate of drug-likeness (QED) is 0.579. The Hall–Kier alpha value is -1.84. The Morgan fingerprint density at radius 3 is 2.47 bits per heavy atom. The fraction of sp³-hybridized carbons (Fsp3) is 0.385. The van der Waals surface area contributed by atoms with Gasteiger partial charge in [-0.05, 0) is 24.6 Å². The molecule has 0 atom stereocenters. The van der Waals surface area contributed by atoms with Crippen LogP contribution in [-0.4, -0.2) is 25.5 Å². The number of hydrogen-bond acceptors (Lipinski definition) is 4. The first-order valence-corrected chi connectivity index (χ1v) is 5.36. The number of benzene rings is 1. The summed E-state index contributed by atoms with van der Waals surface area (Å²) in [5.41, 5.74) is 1.49. The van der Waals surface area contributed by atoms with Gasteiger partial charge in [-0.2, -0.15) is 0 Å². The molecule has 0 saturated heterocycles. The van der Waals surface area contributed by atoms with Gasteiger partial charge in [-0.25, -0.2) is 0 Å². The second-order valence-electron chi connectivity index (χ2n) is 3.68. The molecule has 1 rings (SSSR count). The van der Waals surface area contributed by atoms with Crippen molar-refractivity contribution in [1.82, 2.24) is 0 Å². The van der Waals surface area contributed by atoms with Crippen molar-refractivity contribution in [3.63, 3.8) is 0 Å². The number of Topliss-reactive ketones (excluding diaryl/α,β-unsaturated/α-hetero) is 1. The molecule has 0 spiro atoms. The van der Waals surface area contributed by atoms with E-state index in [9.17, 15) is 9.59 Å². The molecular formula is C13H16O4. The van der Waals surface area contributed by atoms with Crippen molar-refractivity contribution in [2.45, 2.75) is 20.3 Å². The molecule has 17 heavy (non-hydrogen) atoms. The smallest absolute Gasteiger partial charge is 0.302 e. The van der Waals surface area contributed by atoms with Gasteiger partial charge in [0, 0.05) is 13.3 Å². The molecule has 1 aromatic rings. The highest BCUT2D eigenvalue weighted by atomic mass is 16.5. The normalized spacial score (nSPS) is 9.82. The molecule has 4 nitrogen and oxygen atoms in total. The number of esters is 1. The van der Waals surface area contributed by atoms with Crippen LogP contribution in [0.25, 0.3) is 0 Å². The Morgan fingerprint density at radius 1 is 1.24 bits per heavy atom. The van der Waals surface area contributed by atoms with Gasteiger partial charge in [0.25, 0.3) is 0 Å². The summed E-state index contributed by atoms with van der Waals surface area (Å²) in [5, 5.41) is 0. The van der Waals surface area contributed by atoms with E-state index in [4.69, 9.17) is 9.47 Å². The first kappa shape index (κ1) is 13.2. The van der Waals surface area contributed by atoms with Gasteiger partial charge >= 0.3 is 5.97 Å². The van der Waals surface area contributed by atoms with Crippen LogP contribution in [0.3, 0.4) is 0 Å². The van der Waals surface area contributed by atoms with Crippen LogP contribution < -0.4 is 4.74 Å². The van der Waals surface area contributed by atoms with E-state index in [1.165, 1.54) is 21.0 Å². The highest BCUT2D eigenvalue weighted by Crippen LogP contribution is 2.20. The van der Waals surface area contributed by atoms with Crippen LogP contribution in [0.1, 0.15) is 29.8 Å². The van der Waals surface area contributed by atoms with Crippen molar-refractivity contribution in [1.29, 1.82) is 0 Å². The number of ether oxygens (including phenoxy) is 2. The summed E-state index contributed by atoms with van der Waals surface area (Å²) >= 11 is 0. The number of rotatable bonds is 5. The van der Waals surface area contributed by atoms with E-state index in [0.29, 0.717) is 24.3 Å². The van der Waals surface area contributed by atoms with E-state index in [1.54, 1.807) is 12.1 Å². The Balaban J connectivity index is 2.78. The zero-order chi connectivity index (χ0) is 12.8. The van der Waals surface area contributed by atoms with E-state index < -0.39 is 0 Å². The largest absolute Gasteiger partial charge is 0.496 e. The summed E-state index contributed by atoms with van der Waals surface area (Å²) in [4.78, 5) is 22.0. The van der Waals surface area contributed by atoms with Gasteiger partial charge in [0.2, 0.25) is 0 Å². The molecule has 0 fully saturated rings. The highest BCUT2D eigenvalue weighted by molar-refractivity contribution is 5.97. The Labute approximate surface area is 101 Å². The Bertz CT molecular complexity index is 423. The minimum atomic E-state index is -0.301. The molecule has 0 heterocycles. The molecule has 92 valence electrons. The van der Waals surface area contributed by atoms with Gasteiger partial charge in [0.1, 0.15) is 5.75 Å². The summed E-state index contributed by atoms with van der Waals surface area (Å²) in [6.45, 7) is 3.18. The molecular weight excluding hydrogens is 220 g/mol. The van der Waals surface area contributed by atoms with E-state index in [2.05, 4.69) is 0 Å². The van der Waals surface area contributed by atoms with Gasteiger partial charge in [-0.15, -0.1) is 0 Å². The molecule has 0 aliphatic heterocycles. The second kappa shape index (κ2) is 6.03. The van der Waals surface area contributed by atoms with Crippen molar-refractivity contribution in [3.05, 3.63) is 29.3 Å². The van der Waals surface area contributed by atoms with Crippen LogP contribution in [0.5, 0.6) is 5.75 Å². The van der Waals surface area contributed by atoms with Gasteiger partial charge in [0.05, 0.1) is 19.3 Å². The minimum Gasteiger partial charge on any atom is -0.496 e. The van der Waals surface area contributed by atoms with E-state index in [-0.39, 0.29) is 11.8 Å². The maximum absolute atomic E-state index is 11.4. The van der Waals surface area contributed by atoms with E-state index >= 15 is 0 Å². The fourth-order valence-electron chi connectivity index (χ4n) is 1.50. The number of carbonyl (C=O) groups excluding carboxylic acids is 2. The molecule has 0 aliphatic carbocycles. The number of hydrogen-bond donors (Lipinski definition) is 0. The topological polar surface area (TPSA) is 52.6 Å². The van der Waals surface area contributed by atoms with Crippen LogP contribution in [0.2, 0.25) is 0 Å². The molecule has 0 radical (unpaired) electrons. The number of carbonyl (C=O) groups is 2. The maximum Gasteiger partial charge on any atom is 0.302 e. The number of ketones is 1. The lowest BCUT2D eigenvalue weighted by molar-refractivity contribution is -0.140. The molecule has 0 saturated carbocycles. The summed E-state index contributed by atoms with van der Waals surface area (Å²) in [7, 11) is 1.53. The van der Waals surface area contributed by atoms with E-state index in [1.807, 2.05) is 6.07 Å². The molecule has 0 bridgehead atoms. The summed E-state index contributed by atoms with van der Waals surface area (Å²) in [6, 6.07) is 5.37. The summed E-state index contributed by atoms with van der Waals surface area (Å²) in [6.07, 6.45) is 0.587. The molecule has 0 unspecified atom stereocenters. The van der Waals surface area contributed by atoms with Crippen molar-refractivity contribution in [3.8, 4) is 5.75 Å². The molecule has 4 heteroatoms. The van der Waals surface area contributed by atoms with Crippen molar-refractivity contribution in [2.24, 2.45) is 0 Å². The van der Waals surface area contributed by atoms with Crippen LogP contribution in [0, 0.1) is 0 Å². The van der Waals surface area contributed by atoms with Crippen LogP contribution >= 0.6 is 0 Å². The predicted molar refractivity (Wildman–Crippen MR) is 63.3 cm³/mol. The third-order valence-electron chi connectivity index (χ3n) is 2.34. The van der Waals surface area contributed by atoms with Crippen molar-refractivity contribution >= 4 is 11.8 Å². The SMILES string of the molecule is COc1ccc(CCOC(C)=O)cc1C(C)=O. The standard InChI is InChI=1S/C13H16O4/c1-9(14)12-8-11(4-5-13(12)16-3)6-7-17-10(2)15/h4-5,8H,6-7H2,1-3H3. The summed E-state index contributed by atoms with van der Waals surface area (Å²) in [5.74, 6) is 0.218. The number of methoxy groups -OCH3 is 1. The first-order valence-electron chi connectivity index (χ1n) is 5.36. The van der Waals surface area contributed by atoms with Gasteiger partial charge in [0.15, 0.2) is 5.78 Å². The lowest BCUT2D eigenvalue weighted by atomic mass is 10.0. The fourth-order valence-corrected chi connectivity index (χ4v) is 1.50. The van der Waals surface area contributed by atoms with Gasteiger partial charge in [-0.1, -0.05) is 6.07 Å². The van der Waals surface area contributed by atoms with Crippen LogP contribution in [0.4, 0.5) is 0 Å². The van der Waals surface area contributed by atoms with Crippen LogP contribution in [0.15, 0.2) is 18.2 Å². The highest BCUT2D eigenvalue weighted by Gasteiger charge is 2.08. The zero-order valence-electron chi connectivity index (χ0n) is 10.3. The minimum absolute atomic E-state index is 0.0452. The summed E-state index contributed by atoms with van der Waals surface area (Å²) < 4.78 is 9.95. The lowest BCUT2D eigenvalue weighted by Crippen LogP contribution is -2.05. The average molecular weight is 236 g/mol. The van der Waals surface area contributed by atoms with Gasteiger partial charge in [-0.3, -0.25) is 9.59 Å². The molecule has 1 aromatic carbocycles. The van der Waals surface area contributed by atoms with Crippen molar-refractivity contribution < 1.29 is 19.1 Å². The molecule has 0 amide bonds. The Kier molecular flexibility index (Phi) is 4.69. The van der Waals surface area contributed by atoms with Gasteiger partial charge < -0.3 is 9.47 Å². The zero-order valence-corrected chi connectivity index (χ0v) is 10.3.